The fourth-order valence-corrected chi connectivity index (χ4v) is 1.99. The van der Waals surface area contributed by atoms with Crippen LogP contribution in [0.25, 0.3) is 0 Å². The van der Waals surface area contributed by atoms with Crippen molar-refractivity contribution < 1.29 is 0 Å². The fourth-order valence-electron chi connectivity index (χ4n) is 1.02. The van der Waals surface area contributed by atoms with E-state index in [0.29, 0.717) is 0 Å². The topological polar surface area (TPSA) is 0 Å². The first kappa shape index (κ1) is 13.3. The summed E-state index contributed by atoms with van der Waals surface area (Å²) in [5.41, 5.74) is 6.62. The van der Waals surface area contributed by atoms with Gasteiger partial charge in [0, 0.05) is 12.8 Å². The zero-order valence-corrected chi connectivity index (χ0v) is 11.0. The zero-order valence-electron chi connectivity index (χ0n) is 9.82. The van der Waals surface area contributed by atoms with Crippen LogP contribution in [0.2, 0.25) is 6.55 Å². The van der Waals surface area contributed by atoms with Gasteiger partial charge in [-0.3, -0.25) is 0 Å². The molecule has 0 heterocycles. The molecular weight excluding hydrogens is 184 g/mol. The predicted octanol–water partition coefficient (Wildman–Crippen LogP) is 3.31. The maximum Gasteiger partial charge on any atom is 0.199 e. The lowest BCUT2D eigenvalue weighted by molar-refractivity contribution is 0.828. The Hall–Kier alpha value is -0.663. The minimum Gasteiger partial charge on any atom is -0.120 e. The van der Waals surface area contributed by atoms with Gasteiger partial charge in [-0.05, 0) is 12.8 Å². The van der Waals surface area contributed by atoms with Gasteiger partial charge in [-0.15, -0.1) is 22.9 Å². The molecule has 0 atom stereocenters. The van der Waals surface area contributed by atoms with E-state index >= 15 is 0 Å². The summed E-state index contributed by atoms with van der Waals surface area (Å²) >= 11 is 0. The van der Waals surface area contributed by atoms with Crippen LogP contribution in [0.3, 0.4) is 0 Å². The summed E-state index contributed by atoms with van der Waals surface area (Å²) in [7, 11) is -1.01. The Morgan fingerprint density at radius 1 is 0.857 bits per heavy atom. The Labute approximate surface area is 91.1 Å². The summed E-state index contributed by atoms with van der Waals surface area (Å²) in [4.78, 5) is 0. The highest BCUT2D eigenvalue weighted by atomic mass is 28.3. The molecule has 0 amide bonds. The molecule has 0 aromatic heterocycles. The lowest BCUT2D eigenvalue weighted by Gasteiger charge is -1.88. The molecule has 78 valence electrons. The Kier molecular flexibility index (Phi) is 9.92. The second kappa shape index (κ2) is 10.4. The van der Waals surface area contributed by atoms with Crippen molar-refractivity contribution in [2.45, 2.75) is 58.9 Å². The quantitative estimate of drug-likeness (QED) is 0.376. The van der Waals surface area contributed by atoms with Crippen LogP contribution in [-0.4, -0.2) is 8.80 Å². The molecule has 0 bridgehead atoms. The molecule has 0 N–H and O–H groups in total. The van der Waals surface area contributed by atoms with Gasteiger partial charge < -0.3 is 0 Å². The number of rotatable bonds is 4. The molecule has 14 heavy (non-hydrogen) atoms. The van der Waals surface area contributed by atoms with Gasteiger partial charge in [-0.25, -0.2) is 0 Å². The van der Waals surface area contributed by atoms with Crippen molar-refractivity contribution in [3.8, 4) is 22.9 Å². The Morgan fingerprint density at radius 3 is 1.64 bits per heavy atom. The third-order valence-electron chi connectivity index (χ3n) is 1.95. The van der Waals surface area contributed by atoms with Crippen molar-refractivity contribution in [3.63, 3.8) is 0 Å². The van der Waals surface area contributed by atoms with E-state index in [9.17, 15) is 0 Å². The van der Waals surface area contributed by atoms with Crippen LogP contribution < -0.4 is 0 Å². The third kappa shape index (κ3) is 9.43. The molecule has 0 fully saturated rings. The normalized spacial score (nSPS) is 8.86. The minimum absolute atomic E-state index is 1.01. The van der Waals surface area contributed by atoms with Crippen LogP contribution in [-0.2, 0) is 0 Å². The zero-order chi connectivity index (χ0) is 10.6. The second-order valence-corrected chi connectivity index (χ2v) is 5.59. The molecule has 0 unspecified atom stereocenters. The maximum absolute atomic E-state index is 3.31. The largest absolute Gasteiger partial charge is 0.199 e. The highest BCUT2D eigenvalue weighted by Gasteiger charge is 1.90. The van der Waals surface area contributed by atoms with Gasteiger partial charge in [0.25, 0.3) is 0 Å². The molecule has 0 aliphatic heterocycles. The standard InChI is InChI=1S/C13H22Si/c1-4-6-8-10-12-14(3)13-11-9-7-5-2/h14H,4-9H2,1-3H3. The van der Waals surface area contributed by atoms with Crippen LogP contribution in [0.5, 0.6) is 0 Å². The molecule has 0 rings (SSSR count). The van der Waals surface area contributed by atoms with Gasteiger partial charge in [0.2, 0.25) is 0 Å². The molecule has 0 radical (unpaired) electrons. The SMILES string of the molecule is CCCCC#C[SiH](C)C#CCCCC. The van der Waals surface area contributed by atoms with Crippen molar-refractivity contribution in [1.29, 1.82) is 0 Å². The van der Waals surface area contributed by atoms with Crippen molar-refractivity contribution >= 4 is 8.80 Å². The van der Waals surface area contributed by atoms with Crippen LogP contribution >= 0.6 is 0 Å². The fraction of sp³-hybridized carbons (Fsp3) is 0.692. The predicted molar refractivity (Wildman–Crippen MR) is 67.6 cm³/mol. The number of hydrogen-bond acceptors (Lipinski definition) is 0. The van der Waals surface area contributed by atoms with E-state index in [1.54, 1.807) is 0 Å². The maximum atomic E-state index is 3.31. The summed E-state index contributed by atoms with van der Waals surface area (Å²) in [6.07, 6.45) is 7.07. The average Bonchev–Trinajstić information content (AvgIpc) is 2.19. The monoisotopic (exact) mass is 206 g/mol. The Bertz CT molecular complexity index is 207. The Balaban J connectivity index is 3.63. The van der Waals surface area contributed by atoms with E-state index in [1.165, 1.54) is 25.7 Å². The first-order chi connectivity index (χ1) is 6.81. The molecule has 1 heteroatoms. The summed E-state index contributed by atoms with van der Waals surface area (Å²) in [6, 6.07) is 0. The molecule has 0 saturated heterocycles. The summed E-state index contributed by atoms with van der Waals surface area (Å²) in [5.74, 6) is 6.47. The third-order valence-corrected chi connectivity index (χ3v) is 3.22. The summed E-state index contributed by atoms with van der Waals surface area (Å²) < 4.78 is 0. The number of unbranched alkanes of at least 4 members (excludes halogenated alkanes) is 4. The van der Waals surface area contributed by atoms with Crippen LogP contribution in [0, 0.1) is 22.9 Å². The van der Waals surface area contributed by atoms with Gasteiger partial charge >= 0.3 is 0 Å². The highest BCUT2D eigenvalue weighted by Crippen LogP contribution is 1.92. The second-order valence-electron chi connectivity index (χ2n) is 3.57. The number of hydrogen-bond donors (Lipinski definition) is 0. The highest BCUT2D eigenvalue weighted by molar-refractivity contribution is 6.74. The molecule has 0 aromatic rings. The molecule has 0 aliphatic rings. The van der Waals surface area contributed by atoms with E-state index in [0.717, 1.165) is 12.8 Å². The molecule has 0 saturated carbocycles. The van der Waals surface area contributed by atoms with Gasteiger partial charge in [0.1, 0.15) is 0 Å². The molecular formula is C13H22Si. The molecule has 0 aliphatic carbocycles. The summed E-state index contributed by atoms with van der Waals surface area (Å²) in [6.45, 7) is 6.62. The van der Waals surface area contributed by atoms with E-state index in [1.807, 2.05) is 0 Å². The van der Waals surface area contributed by atoms with Crippen LogP contribution in [0.1, 0.15) is 52.4 Å². The average molecular weight is 206 g/mol. The van der Waals surface area contributed by atoms with Gasteiger partial charge in [0.15, 0.2) is 8.80 Å². The van der Waals surface area contributed by atoms with Crippen LogP contribution in [0.4, 0.5) is 0 Å². The molecule has 0 spiro atoms. The van der Waals surface area contributed by atoms with Crippen molar-refractivity contribution in [2.75, 3.05) is 0 Å². The van der Waals surface area contributed by atoms with E-state index < -0.39 is 8.80 Å². The lowest BCUT2D eigenvalue weighted by Crippen LogP contribution is -1.99. The van der Waals surface area contributed by atoms with Gasteiger partial charge in [0.05, 0.1) is 0 Å². The van der Waals surface area contributed by atoms with Crippen molar-refractivity contribution in [2.24, 2.45) is 0 Å². The van der Waals surface area contributed by atoms with Gasteiger partial charge in [-0.2, -0.15) is 0 Å². The smallest absolute Gasteiger partial charge is 0.120 e. The van der Waals surface area contributed by atoms with Crippen molar-refractivity contribution in [3.05, 3.63) is 0 Å². The first-order valence-corrected chi connectivity index (χ1v) is 8.09. The minimum atomic E-state index is -1.01. The molecule has 0 nitrogen and oxygen atoms in total. The molecule has 0 aromatic carbocycles. The first-order valence-electron chi connectivity index (χ1n) is 5.78. The van der Waals surface area contributed by atoms with E-state index in [-0.39, 0.29) is 0 Å². The summed E-state index contributed by atoms with van der Waals surface area (Å²) in [5, 5.41) is 0. The van der Waals surface area contributed by atoms with Crippen LogP contribution in [0.15, 0.2) is 0 Å². The Morgan fingerprint density at radius 2 is 1.29 bits per heavy atom. The van der Waals surface area contributed by atoms with Gasteiger partial charge in [-0.1, -0.05) is 33.2 Å². The van der Waals surface area contributed by atoms with Crippen molar-refractivity contribution in [1.82, 2.24) is 0 Å². The van der Waals surface area contributed by atoms with E-state index in [4.69, 9.17) is 0 Å². The van der Waals surface area contributed by atoms with E-state index in [2.05, 4.69) is 43.3 Å². The lowest BCUT2D eigenvalue weighted by atomic mass is 10.3.